The van der Waals surface area contributed by atoms with Crippen molar-refractivity contribution in [2.24, 2.45) is 0 Å². The molecule has 5 heteroatoms. The van der Waals surface area contributed by atoms with Crippen LogP contribution in [0.2, 0.25) is 0 Å². The van der Waals surface area contributed by atoms with Gasteiger partial charge >= 0.3 is 0 Å². The maximum atomic E-state index is 13.9. The number of halogens is 2. The molecule has 0 unspecified atom stereocenters. The van der Waals surface area contributed by atoms with Crippen LogP contribution in [0.5, 0.6) is 11.5 Å². The van der Waals surface area contributed by atoms with Crippen LogP contribution in [0.15, 0.2) is 40.9 Å². The lowest BCUT2D eigenvalue weighted by atomic mass is 9.95. The summed E-state index contributed by atoms with van der Waals surface area (Å²) in [6.07, 6.45) is 6.49. The highest BCUT2D eigenvalue weighted by Crippen LogP contribution is 2.37. The van der Waals surface area contributed by atoms with Gasteiger partial charge in [0, 0.05) is 18.2 Å². The van der Waals surface area contributed by atoms with Gasteiger partial charge in [-0.3, -0.25) is 0 Å². The third-order valence-electron chi connectivity index (χ3n) is 4.90. The molecular weight excluding hydrogens is 409 g/mol. The Morgan fingerprint density at radius 1 is 1.11 bits per heavy atom. The molecule has 0 radical (unpaired) electrons. The van der Waals surface area contributed by atoms with E-state index in [1.165, 1.54) is 38.2 Å². The first-order valence-electron chi connectivity index (χ1n) is 9.72. The molecule has 146 valence electrons. The molecule has 2 aromatic carbocycles. The molecule has 2 aromatic rings. The highest BCUT2D eigenvalue weighted by atomic mass is 79.9. The van der Waals surface area contributed by atoms with Gasteiger partial charge in [-0.05, 0) is 59.5 Å². The van der Waals surface area contributed by atoms with E-state index < -0.39 is 0 Å². The molecule has 3 nitrogen and oxygen atoms in total. The van der Waals surface area contributed by atoms with Crippen LogP contribution in [-0.2, 0) is 13.2 Å². The fourth-order valence-corrected chi connectivity index (χ4v) is 4.06. The Hall–Kier alpha value is -1.59. The molecule has 3 rings (SSSR count). The summed E-state index contributed by atoms with van der Waals surface area (Å²) in [5.74, 6) is 1.03. The van der Waals surface area contributed by atoms with Crippen molar-refractivity contribution in [1.82, 2.24) is 5.32 Å². The monoisotopic (exact) mass is 435 g/mol. The predicted molar refractivity (Wildman–Crippen MR) is 110 cm³/mol. The summed E-state index contributed by atoms with van der Waals surface area (Å²) < 4.78 is 26.4. The van der Waals surface area contributed by atoms with Crippen LogP contribution in [0, 0.1) is 5.82 Å². The number of rotatable bonds is 8. The van der Waals surface area contributed by atoms with Crippen LogP contribution in [-0.4, -0.2) is 12.6 Å². The van der Waals surface area contributed by atoms with E-state index in [9.17, 15) is 4.39 Å². The van der Waals surface area contributed by atoms with Crippen LogP contribution < -0.4 is 14.8 Å². The number of benzene rings is 2. The van der Waals surface area contributed by atoms with Crippen molar-refractivity contribution in [3.05, 3.63) is 57.8 Å². The average Bonchev–Trinajstić information content (AvgIpc) is 2.68. The van der Waals surface area contributed by atoms with Crippen molar-refractivity contribution in [3.63, 3.8) is 0 Å². The van der Waals surface area contributed by atoms with E-state index in [0.717, 1.165) is 16.6 Å². The summed E-state index contributed by atoms with van der Waals surface area (Å²) in [7, 11) is 0. The minimum atomic E-state index is -0.264. The Morgan fingerprint density at radius 2 is 1.89 bits per heavy atom. The van der Waals surface area contributed by atoms with Gasteiger partial charge in [0.05, 0.1) is 11.1 Å². The highest BCUT2D eigenvalue weighted by molar-refractivity contribution is 9.10. The molecule has 0 saturated heterocycles. The Morgan fingerprint density at radius 3 is 2.63 bits per heavy atom. The summed E-state index contributed by atoms with van der Waals surface area (Å²) in [4.78, 5) is 0. The number of nitrogens with one attached hydrogen (secondary N) is 1. The van der Waals surface area contributed by atoms with Gasteiger partial charge in [0.2, 0.25) is 0 Å². The zero-order valence-corrected chi connectivity index (χ0v) is 17.4. The van der Waals surface area contributed by atoms with Gasteiger partial charge in [0.15, 0.2) is 11.5 Å². The Labute approximate surface area is 169 Å². The van der Waals surface area contributed by atoms with Gasteiger partial charge in [-0.2, -0.15) is 0 Å². The van der Waals surface area contributed by atoms with Crippen molar-refractivity contribution in [1.29, 1.82) is 0 Å². The van der Waals surface area contributed by atoms with Crippen LogP contribution >= 0.6 is 15.9 Å². The minimum Gasteiger partial charge on any atom is -0.490 e. The Bertz CT molecular complexity index is 747. The SMILES string of the molecule is CCOc1cc(CNC2CCCCC2)cc(Br)c1OCc1ccccc1F. The molecular formula is C22H27BrFNO2. The first-order chi connectivity index (χ1) is 13.2. The summed E-state index contributed by atoms with van der Waals surface area (Å²) in [6.45, 7) is 3.45. The normalized spacial score (nSPS) is 14.9. The van der Waals surface area contributed by atoms with Crippen molar-refractivity contribution < 1.29 is 13.9 Å². The summed E-state index contributed by atoms with van der Waals surface area (Å²) >= 11 is 3.60. The van der Waals surface area contributed by atoms with E-state index in [-0.39, 0.29) is 12.4 Å². The molecule has 27 heavy (non-hydrogen) atoms. The van der Waals surface area contributed by atoms with Crippen LogP contribution in [0.1, 0.15) is 50.2 Å². The van der Waals surface area contributed by atoms with Crippen LogP contribution in [0.25, 0.3) is 0 Å². The van der Waals surface area contributed by atoms with Gasteiger partial charge in [-0.25, -0.2) is 4.39 Å². The van der Waals surface area contributed by atoms with E-state index in [1.807, 2.05) is 13.0 Å². The summed E-state index contributed by atoms with van der Waals surface area (Å²) in [5.41, 5.74) is 1.67. The van der Waals surface area contributed by atoms with Gasteiger partial charge in [-0.1, -0.05) is 37.5 Å². The fourth-order valence-electron chi connectivity index (χ4n) is 3.46. The molecule has 0 aliphatic heterocycles. The molecule has 1 aliphatic rings. The molecule has 1 N–H and O–H groups in total. The van der Waals surface area contributed by atoms with Crippen molar-refractivity contribution in [2.45, 2.75) is 58.2 Å². The Kier molecular flexibility index (Phi) is 7.53. The molecule has 1 saturated carbocycles. The lowest BCUT2D eigenvalue weighted by molar-refractivity contribution is 0.264. The maximum absolute atomic E-state index is 13.9. The third-order valence-corrected chi connectivity index (χ3v) is 5.49. The minimum absolute atomic E-state index is 0.158. The predicted octanol–water partition coefficient (Wildman–Crippen LogP) is 5.99. The topological polar surface area (TPSA) is 30.5 Å². The molecule has 0 amide bonds. The maximum Gasteiger partial charge on any atom is 0.175 e. The first kappa shape index (κ1) is 20.2. The highest BCUT2D eigenvalue weighted by Gasteiger charge is 2.16. The van der Waals surface area contributed by atoms with Crippen LogP contribution in [0.4, 0.5) is 4.39 Å². The van der Waals surface area contributed by atoms with E-state index in [4.69, 9.17) is 9.47 Å². The second-order valence-corrected chi connectivity index (χ2v) is 7.79. The number of hydrogen-bond donors (Lipinski definition) is 1. The second-order valence-electron chi connectivity index (χ2n) is 6.93. The van der Waals surface area contributed by atoms with Crippen LogP contribution in [0.3, 0.4) is 0 Å². The van der Waals surface area contributed by atoms with Gasteiger partial charge in [-0.15, -0.1) is 0 Å². The first-order valence-corrected chi connectivity index (χ1v) is 10.5. The molecule has 0 spiro atoms. The fraction of sp³-hybridized carbons (Fsp3) is 0.455. The zero-order valence-electron chi connectivity index (χ0n) is 15.8. The average molecular weight is 436 g/mol. The lowest BCUT2D eigenvalue weighted by Gasteiger charge is -2.23. The van der Waals surface area contributed by atoms with E-state index in [1.54, 1.807) is 18.2 Å². The largest absolute Gasteiger partial charge is 0.490 e. The molecule has 1 aliphatic carbocycles. The van der Waals surface area contributed by atoms with Gasteiger partial charge in [0.25, 0.3) is 0 Å². The quantitative estimate of drug-likeness (QED) is 0.552. The van der Waals surface area contributed by atoms with Crippen molar-refractivity contribution >= 4 is 15.9 Å². The molecule has 0 heterocycles. The third kappa shape index (κ3) is 5.69. The Balaban J connectivity index is 1.70. The van der Waals surface area contributed by atoms with E-state index >= 15 is 0 Å². The van der Waals surface area contributed by atoms with Gasteiger partial charge < -0.3 is 14.8 Å². The van der Waals surface area contributed by atoms with E-state index in [2.05, 4.69) is 27.3 Å². The van der Waals surface area contributed by atoms with Gasteiger partial charge in [0.1, 0.15) is 12.4 Å². The number of hydrogen-bond acceptors (Lipinski definition) is 3. The standard InChI is InChI=1S/C22H27BrFNO2/c1-2-26-21-13-16(14-25-18-9-4-3-5-10-18)12-19(23)22(21)27-15-17-8-6-7-11-20(17)24/h6-8,11-13,18,25H,2-5,9-10,14-15H2,1H3. The van der Waals surface area contributed by atoms with Crippen molar-refractivity contribution in [3.8, 4) is 11.5 Å². The molecule has 0 aromatic heterocycles. The zero-order chi connectivity index (χ0) is 19.1. The number of ether oxygens (including phenoxy) is 2. The second kappa shape index (κ2) is 10.1. The van der Waals surface area contributed by atoms with E-state index in [0.29, 0.717) is 29.7 Å². The summed E-state index contributed by atoms with van der Waals surface area (Å²) in [5, 5.41) is 3.65. The smallest absolute Gasteiger partial charge is 0.175 e. The molecule has 1 fully saturated rings. The van der Waals surface area contributed by atoms with Crippen molar-refractivity contribution in [2.75, 3.05) is 6.61 Å². The summed E-state index contributed by atoms with van der Waals surface area (Å²) in [6, 6.07) is 11.3. The molecule has 0 atom stereocenters. The lowest BCUT2D eigenvalue weighted by Crippen LogP contribution is -2.30. The molecule has 0 bridgehead atoms.